The first kappa shape index (κ1) is 26.0. The van der Waals surface area contributed by atoms with Gasteiger partial charge in [0.05, 0.1) is 13.4 Å². The number of hydrogen-bond donors (Lipinski definition) is 0. The van der Waals surface area contributed by atoms with Gasteiger partial charge in [0.15, 0.2) is 0 Å². The lowest BCUT2D eigenvalue weighted by Crippen LogP contribution is -2.64. The van der Waals surface area contributed by atoms with Crippen LogP contribution >= 0.6 is 0 Å². The van der Waals surface area contributed by atoms with Crippen molar-refractivity contribution in [2.24, 2.45) is 17.3 Å². The molecule has 0 aromatic heterocycles. The Kier molecular flexibility index (Phi) is 6.23. The molecule has 1 aliphatic heterocycles. The normalized spacial score (nSPS) is 22.8. The van der Waals surface area contributed by atoms with Crippen LogP contribution in [0.1, 0.15) is 49.3 Å². The molecule has 3 saturated carbocycles. The van der Waals surface area contributed by atoms with E-state index in [0.717, 1.165) is 22.8 Å². The van der Waals surface area contributed by atoms with E-state index in [0.29, 0.717) is 0 Å². The number of ether oxygens (including phenoxy) is 1. The van der Waals surface area contributed by atoms with Crippen LogP contribution in [0.5, 0.6) is 0 Å². The van der Waals surface area contributed by atoms with E-state index in [1.165, 1.54) is 70.2 Å². The fourth-order valence-electron chi connectivity index (χ4n) is 8.20. The van der Waals surface area contributed by atoms with Crippen molar-refractivity contribution in [2.75, 3.05) is 38.1 Å². The van der Waals surface area contributed by atoms with E-state index in [9.17, 15) is 0 Å². The van der Waals surface area contributed by atoms with E-state index in [1.807, 2.05) is 11.8 Å². The average Bonchev–Trinajstić information content (AvgIpc) is 2.97. The molecular weight excluding hydrogens is 500 g/mol. The van der Waals surface area contributed by atoms with E-state index in [-0.39, 0.29) is 0 Å². The fourth-order valence-corrected chi connectivity index (χ4v) is 8.20. The van der Waals surface area contributed by atoms with Crippen LogP contribution in [0.15, 0.2) is 96.8 Å². The molecule has 0 radical (unpaired) electrons. The number of nitrogens with zero attached hydrogens (tertiary/aromatic N) is 2. The van der Waals surface area contributed by atoms with Crippen molar-refractivity contribution in [1.29, 1.82) is 0 Å². The minimum absolute atomic E-state index is 0.783. The van der Waals surface area contributed by atoms with Gasteiger partial charge in [0.1, 0.15) is 0 Å². The summed E-state index contributed by atoms with van der Waals surface area (Å²) in [7, 11) is 8.03. The monoisotopic (exact) mass is 540 g/mol. The number of fused-ring (bicyclic) bond motifs is 3. The summed E-state index contributed by atoms with van der Waals surface area (Å²) in [5.41, 5.74) is 12.9. The lowest BCUT2D eigenvalue weighted by atomic mass is 9.31. The third-order valence-electron chi connectivity index (χ3n) is 10.5. The van der Waals surface area contributed by atoms with Gasteiger partial charge in [-0.15, -0.1) is 0 Å². The zero-order chi connectivity index (χ0) is 28.3. The first-order chi connectivity index (χ1) is 19.9. The smallest absolute Gasteiger partial charge is 0.0910 e. The van der Waals surface area contributed by atoms with Gasteiger partial charge < -0.3 is 14.5 Å². The standard InChI is InChI=1S/C22H25N.C16H15NO/c1-14(21-18-9-11-22(18)12-10-19(21)22)15-7-8-17-16(13-15)5-4-6-20(17)23(2)3;1-17-15-9-5-3-7-12(15)14(11-18-2)13-8-4-6-10-16(13)17/h4-8,13,18-19H,9-12H2,1-3H3;3-11H,1-2H3. The van der Waals surface area contributed by atoms with Gasteiger partial charge in [-0.3, -0.25) is 0 Å². The second-order valence-corrected chi connectivity index (χ2v) is 12.5. The summed E-state index contributed by atoms with van der Waals surface area (Å²) in [5, 5.41) is 2.72. The van der Waals surface area contributed by atoms with Crippen LogP contribution in [0, 0.1) is 17.3 Å². The van der Waals surface area contributed by atoms with Gasteiger partial charge in [-0.1, -0.05) is 66.2 Å². The van der Waals surface area contributed by atoms with E-state index in [2.05, 4.69) is 123 Å². The lowest BCUT2D eigenvalue weighted by molar-refractivity contribution is -0.154. The highest BCUT2D eigenvalue weighted by atomic mass is 16.5. The van der Waals surface area contributed by atoms with Crippen molar-refractivity contribution in [3.63, 3.8) is 0 Å². The van der Waals surface area contributed by atoms with E-state index < -0.39 is 0 Å². The summed E-state index contributed by atoms with van der Waals surface area (Å²) >= 11 is 0. The van der Waals surface area contributed by atoms with Gasteiger partial charge in [0.2, 0.25) is 0 Å². The fraction of sp³-hybridized carbons (Fsp3) is 0.316. The molecule has 0 bridgehead atoms. The van der Waals surface area contributed by atoms with Gasteiger partial charge >= 0.3 is 0 Å². The van der Waals surface area contributed by atoms with Gasteiger partial charge in [0.25, 0.3) is 0 Å². The molecule has 41 heavy (non-hydrogen) atoms. The van der Waals surface area contributed by atoms with Crippen molar-refractivity contribution in [1.82, 2.24) is 0 Å². The zero-order valence-electron chi connectivity index (χ0n) is 24.9. The SMILES string of the molecule is CC(=C1C2CCC23CCC13)c1ccc2c(N(C)C)cccc2c1.COC=C1c2ccccc2N(C)c2ccccc21. The molecule has 0 amide bonds. The number of anilines is 3. The highest BCUT2D eigenvalue weighted by Gasteiger charge is 2.68. The molecule has 4 aromatic rings. The second-order valence-electron chi connectivity index (χ2n) is 12.5. The Morgan fingerprint density at radius 1 is 0.854 bits per heavy atom. The summed E-state index contributed by atoms with van der Waals surface area (Å²) < 4.78 is 5.25. The quantitative estimate of drug-likeness (QED) is 0.241. The summed E-state index contributed by atoms with van der Waals surface area (Å²) in [4.78, 5) is 4.42. The molecule has 1 heterocycles. The molecule has 8 rings (SSSR count). The molecular formula is C38H40N2O. The molecule has 4 aliphatic rings. The predicted molar refractivity (Wildman–Crippen MR) is 174 cm³/mol. The van der Waals surface area contributed by atoms with Crippen LogP contribution in [0.4, 0.5) is 17.1 Å². The predicted octanol–water partition coefficient (Wildman–Crippen LogP) is 9.30. The molecule has 3 fully saturated rings. The highest BCUT2D eigenvalue weighted by molar-refractivity contribution is 5.97. The zero-order valence-corrected chi connectivity index (χ0v) is 24.9. The van der Waals surface area contributed by atoms with Crippen LogP contribution in [0.2, 0.25) is 0 Å². The van der Waals surface area contributed by atoms with Crippen LogP contribution in [-0.2, 0) is 4.74 Å². The summed E-state index contributed by atoms with van der Waals surface area (Å²) in [6.45, 7) is 2.37. The van der Waals surface area contributed by atoms with Crippen molar-refractivity contribution in [3.8, 4) is 0 Å². The second kappa shape index (κ2) is 9.83. The summed E-state index contributed by atoms with van der Waals surface area (Å²) in [5.74, 6) is 1.87. The van der Waals surface area contributed by atoms with Gasteiger partial charge in [-0.2, -0.15) is 0 Å². The van der Waals surface area contributed by atoms with Crippen LogP contribution in [-0.4, -0.2) is 28.3 Å². The molecule has 0 N–H and O–H groups in total. The van der Waals surface area contributed by atoms with Gasteiger partial charge in [-0.25, -0.2) is 0 Å². The maximum Gasteiger partial charge on any atom is 0.0910 e. The number of allylic oxidation sites excluding steroid dienone is 2. The highest BCUT2D eigenvalue weighted by Crippen LogP contribution is 2.78. The molecule has 0 saturated heterocycles. The summed E-state index contributed by atoms with van der Waals surface area (Å²) in [6.07, 6.45) is 7.72. The van der Waals surface area contributed by atoms with Crippen LogP contribution in [0.25, 0.3) is 21.9 Å². The lowest BCUT2D eigenvalue weighted by Gasteiger charge is -2.73. The molecule has 4 aromatic carbocycles. The molecule has 2 unspecified atom stereocenters. The van der Waals surface area contributed by atoms with Crippen molar-refractivity contribution in [3.05, 3.63) is 113 Å². The number of benzene rings is 4. The summed E-state index contributed by atoms with van der Waals surface area (Å²) in [6, 6.07) is 30.5. The largest absolute Gasteiger partial charge is 0.504 e. The Bertz CT molecular complexity index is 1640. The van der Waals surface area contributed by atoms with Crippen molar-refractivity contribution in [2.45, 2.75) is 32.6 Å². The first-order valence-electron chi connectivity index (χ1n) is 15.0. The molecule has 1 spiro atoms. The minimum atomic E-state index is 0.783. The molecule has 2 atom stereocenters. The number of para-hydroxylation sites is 2. The van der Waals surface area contributed by atoms with Gasteiger partial charge in [-0.05, 0) is 90.6 Å². The molecule has 3 aliphatic carbocycles. The third-order valence-corrected chi connectivity index (χ3v) is 10.5. The Hall–Kier alpha value is -3.98. The maximum absolute atomic E-state index is 5.25. The van der Waals surface area contributed by atoms with Crippen LogP contribution in [0.3, 0.4) is 0 Å². The van der Waals surface area contributed by atoms with Crippen LogP contribution < -0.4 is 9.80 Å². The Morgan fingerprint density at radius 3 is 2.05 bits per heavy atom. The van der Waals surface area contributed by atoms with E-state index >= 15 is 0 Å². The Balaban J connectivity index is 0.000000139. The van der Waals surface area contributed by atoms with Gasteiger partial charge in [0, 0.05) is 60.3 Å². The Morgan fingerprint density at radius 2 is 1.49 bits per heavy atom. The topological polar surface area (TPSA) is 15.7 Å². The van der Waals surface area contributed by atoms with E-state index in [1.54, 1.807) is 12.7 Å². The molecule has 208 valence electrons. The minimum Gasteiger partial charge on any atom is -0.504 e. The average molecular weight is 541 g/mol. The number of methoxy groups -OCH3 is 1. The third kappa shape index (κ3) is 3.85. The van der Waals surface area contributed by atoms with E-state index in [4.69, 9.17) is 4.74 Å². The Labute approximate surface area is 244 Å². The number of hydrogen-bond acceptors (Lipinski definition) is 3. The maximum atomic E-state index is 5.25. The van der Waals surface area contributed by atoms with Crippen molar-refractivity contribution < 1.29 is 4.74 Å². The first-order valence-corrected chi connectivity index (χ1v) is 15.0. The number of rotatable bonds is 3. The molecule has 3 nitrogen and oxygen atoms in total. The molecule has 3 heteroatoms. The van der Waals surface area contributed by atoms with Crippen molar-refractivity contribution >= 4 is 39.0 Å².